The van der Waals surface area contributed by atoms with Gasteiger partial charge in [0.25, 0.3) is 0 Å². The van der Waals surface area contributed by atoms with Crippen LogP contribution in [0.25, 0.3) is 11.3 Å². The van der Waals surface area contributed by atoms with Gasteiger partial charge < -0.3 is 15.4 Å². The van der Waals surface area contributed by atoms with Crippen molar-refractivity contribution in [2.75, 3.05) is 24.3 Å². The van der Waals surface area contributed by atoms with Crippen LogP contribution in [0.4, 0.5) is 17.5 Å². The van der Waals surface area contributed by atoms with Crippen LogP contribution in [0.1, 0.15) is 6.92 Å². The molecule has 24 heavy (non-hydrogen) atoms. The fourth-order valence-electron chi connectivity index (χ4n) is 2.33. The molecule has 0 bridgehead atoms. The Labute approximate surface area is 141 Å². The summed E-state index contributed by atoms with van der Waals surface area (Å²) < 4.78 is 5.46. The fraction of sp³-hybridized carbons (Fsp3) is 0.158. The van der Waals surface area contributed by atoms with E-state index in [0.717, 1.165) is 28.5 Å². The summed E-state index contributed by atoms with van der Waals surface area (Å²) >= 11 is 0. The maximum atomic E-state index is 5.46. The van der Waals surface area contributed by atoms with E-state index in [-0.39, 0.29) is 0 Å². The Morgan fingerprint density at radius 3 is 2.38 bits per heavy atom. The molecule has 0 saturated heterocycles. The van der Waals surface area contributed by atoms with Gasteiger partial charge in [-0.15, -0.1) is 0 Å². The predicted octanol–water partition coefficient (Wildman–Crippen LogP) is 4.33. The number of hydrogen-bond acceptors (Lipinski definition) is 5. The summed E-state index contributed by atoms with van der Waals surface area (Å²) in [6.07, 6.45) is 0. The van der Waals surface area contributed by atoms with Gasteiger partial charge in [-0.05, 0) is 31.2 Å². The highest BCUT2D eigenvalue weighted by Crippen LogP contribution is 2.24. The smallest absolute Gasteiger partial charge is 0.224 e. The van der Waals surface area contributed by atoms with Gasteiger partial charge in [-0.3, -0.25) is 0 Å². The summed E-state index contributed by atoms with van der Waals surface area (Å²) in [6.45, 7) is 2.63. The van der Waals surface area contributed by atoms with E-state index in [1.807, 2.05) is 74.6 Å². The molecule has 0 aliphatic heterocycles. The van der Waals surface area contributed by atoms with Crippen molar-refractivity contribution in [2.45, 2.75) is 6.92 Å². The molecule has 3 aromatic rings. The molecule has 1 aromatic heterocycles. The maximum Gasteiger partial charge on any atom is 0.224 e. The Morgan fingerprint density at radius 1 is 0.958 bits per heavy atom. The number of benzene rings is 2. The maximum absolute atomic E-state index is 5.46. The van der Waals surface area contributed by atoms with Gasteiger partial charge in [0.2, 0.25) is 5.95 Å². The van der Waals surface area contributed by atoms with Crippen molar-refractivity contribution < 1.29 is 4.74 Å². The molecule has 0 atom stereocenters. The van der Waals surface area contributed by atoms with Crippen LogP contribution in [0.15, 0.2) is 60.7 Å². The average molecular weight is 320 g/mol. The lowest BCUT2D eigenvalue weighted by Gasteiger charge is -2.10. The first-order valence-corrected chi connectivity index (χ1v) is 7.90. The monoisotopic (exact) mass is 320 g/mol. The number of rotatable bonds is 6. The topological polar surface area (TPSA) is 59.1 Å². The first-order valence-electron chi connectivity index (χ1n) is 7.90. The van der Waals surface area contributed by atoms with Crippen LogP contribution in [-0.4, -0.2) is 23.6 Å². The van der Waals surface area contributed by atoms with Gasteiger partial charge in [0.15, 0.2) is 0 Å². The third-order valence-electron chi connectivity index (χ3n) is 3.46. The van der Waals surface area contributed by atoms with E-state index in [2.05, 4.69) is 20.6 Å². The summed E-state index contributed by atoms with van der Waals surface area (Å²) in [4.78, 5) is 8.99. The first-order chi connectivity index (χ1) is 11.8. The third kappa shape index (κ3) is 3.81. The Kier molecular flexibility index (Phi) is 4.91. The molecule has 122 valence electrons. The SMILES string of the molecule is CCOc1ccc(Nc2cc(-c3ccccc3)nc(NC)n2)cc1. The highest BCUT2D eigenvalue weighted by Gasteiger charge is 2.06. The highest BCUT2D eigenvalue weighted by atomic mass is 16.5. The van der Waals surface area contributed by atoms with E-state index in [1.54, 1.807) is 0 Å². The lowest BCUT2D eigenvalue weighted by molar-refractivity contribution is 0.340. The molecule has 0 aliphatic rings. The van der Waals surface area contributed by atoms with Crippen LogP contribution in [-0.2, 0) is 0 Å². The summed E-state index contributed by atoms with van der Waals surface area (Å²) in [5.74, 6) is 2.16. The Balaban J connectivity index is 1.87. The third-order valence-corrected chi connectivity index (χ3v) is 3.46. The largest absolute Gasteiger partial charge is 0.494 e. The second-order valence-corrected chi connectivity index (χ2v) is 5.16. The molecule has 2 N–H and O–H groups in total. The Hall–Kier alpha value is -3.08. The first kappa shape index (κ1) is 15.8. The molecule has 5 nitrogen and oxygen atoms in total. The molecule has 0 fully saturated rings. The summed E-state index contributed by atoms with van der Waals surface area (Å²) in [6, 6.07) is 19.8. The van der Waals surface area contributed by atoms with E-state index in [4.69, 9.17) is 4.74 Å². The van der Waals surface area contributed by atoms with Crippen molar-refractivity contribution in [3.63, 3.8) is 0 Å². The number of nitrogens with zero attached hydrogens (tertiary/aromatic N) is 2. The Morgan fingerprint density at radius 2 is 1.71 bits per heavy atom. The minimum atomic E-state index is 0.574. The van der Waals surface area contributed by atoms with Crippen molar-refractivity contribution >= 4 is 17.5 Å². The zero-order chi connectivity index (χ0) is 16.8. The minimum Gasteiger partial charge on any atom is -0.494 e. The lowest BCUT2D eigenvalue weighted by atomic mass is 10.1. The standard InChI is InChI=1S/C19H20N4O/c1-3-24-16-11-9-15(10-12-16)21-18-13-17(22-19(20-2)23-18)14-7-5-4-6-8-14/h4-13H,3H2,1-2H3,(H2,20,21,22,23). The van der Waals surface area contributed by atoms with Gasteiger partial charge in [-0.2, -0.15) is 4.98 Å². The lowest BCUT2D eigenvalue weighted by Crippen LogP contribution is -2.02. The van der Waals surface area contributed by atoms with Crippen LogP contribution in [0.5, 0.6) is 5.75 Å². The Bertz CT molecular complexity index is 788. The van der Waals surface area contributed by atoms with E-state index in [9.17, 15) is 0 Å². The fourth-order valence-corrected chi connectivity index (χ4v) is 2.33. The van der Waals surface area contributed by atoms with Gasteiger partial charge in [0.1, 0.15) is 11.6 Å². The molecule has 0 radical (unpaired) electrons. The molecule has 0 aliphatic carbocycles. The molecular formula is C19H20N4O. The van der Waals surface area contributed by atoms with Gasteiger partial charge in [0.05, 0.1) is 12.3 Å². The van der Waals surface area contributed by atoms with Crippen molar-refractivity contribution in [3.05, 3.63) is 60.7 Å². The quantitative estimate of drug-likeness (QED) is 0.708. The van der Waals surface area contributed by atoms with Crippen LogP contribution in [0.2, 0.25) is 0 Å². The molecule has 1 heterocycles. The van der Waals surface area contributed by atoms with Gasteiger partial charge in [-0.1, -0.05) is 30.3 Å². The van der Waals surface area contributed by atoms with Crippen LogP contribution in [0.3, 0.4) is 0 Å². The zero-order valence-electron chi connectivity index (χ0n) is 13.8. The second-order valence-electron chi connectivity index (χ2n) is 5.16. The van der Waals surface area contributed by atoms with Crippen molar-refractivity contribution in [2.24, 2.45) is 0 Å². The summed E-state index contributed by atoms with van der Waals surface area (Å²) in [5.41, 5.74) is 2.85. The number of ether oxygens (including phenoxy) is 1. The van der Waals surface area contributed by atoms with Crippen molar-refractivity contribution in [1.29, 1.82) is 0 Å². The minimum absolute atomic E-state index is 0.574. The molecule has 3 rings (SSSR count). The van der Waals surface area contributed by atoms with E-state index in [0.29, 0.717) is 12.6 Å². The number of hydrogen-bond donors (Lipinski definition) is 2. The van der Waals surface area contributed by atoms with Gasteiger partial charge in [0, 0.05) is 24.4 Å². The highest BCUT2D eigenvalue weighted by molar-refractivity contribution is 5.67. The van der Waals surface area contributed by atoms with Gasteiger partial charge >= 0.3 is 0 Å². The summed E-state index contributed by atoms with van der Waals surface area (Å²) in [7, 11) is 1.81. The second kappa shape index (κ2) is 7.46. The van der Waals surface area contributed by atoms with Crippen LogP contribution in [0, 0.1) is 0 Å². The molecule has 0 unspecified atom stereocenters. The molecule has 2 aromatic carbocycles. The summed E-state index contributed by atoms with van der Waals surface area (Å²) in [5, 5.41) is 6.32. The average Bonchev–Trinajstić information content (AvgIpc) is 2.64. The van der Waals surface area contributed by atoms with Gasteiger partial charge in [-0.25, -0.2) is 4.98 Å². The van der Waals surface area contributed by atoms with E-state index in [1.165, 1.54) is 0 Å². The molecule has 0 spiro atoms. The number of aromatic nitrogens is 2. The van der Waals surface area contributed by atoms with E-state index >= 15 is 0 Å². The van der Waals surface area contributed by atoms with E-state index < -0.39 is 0 Å². The molecule has 0 saturated carbocycles. The number of anilines is 3. The zero-order valence-corrected chi connectivity index (χ0v) is 13.8. The van der Waals surface area contributed by atoms with Crippen molar-refractivity contribution in [1.82, 2.24) is 9.97 Å². The molecular weight excluding hydrogens is 300 g/mol. The van der Waals surface area contributed by atoms with Crippen LogP contribution >= 0.6 is 0 Å². The number of nitrogens with one attached hydrogen (secondary N) is 2. The molecule has 0 amide bonds. The normalized spacial score (nSPS) is 10.2. The van der Waals surface area contributed by atoms with Crippen molar-refractivity contribution in [3.8, 4) is 17.0 Å². The molecule has 5 heteroatoms. The van der Waals surface area contributed by atoms with Crippen LogP contribution < -0.4 is 15.4 Å². The predicted molar refractivity (Wildman–Crippen MR) is 97.9 cm³/mol.